The first kappa shape index (κ1) is 8.00. The monoisotopic (exact) mass is 157 g/mol. The lowest BCUT2D eigenvalue weighted by Crippen LogP contribution is -2.36. The summed E-state index contributed by atoms with van der Waals surface area (Å²) >= 11 is 0. The number of carbonyl (C=O) groups excluding carboxylic acids is 2. The minimum Gasteiger partial charge on any atom is -0.329 e. The van der Waals surface area contributed by atoms with Crippen LogP contribution < -0.4 is 11.1 Å². The molecule has 3 N–H and O–H groups in total. The maximum atomic E-state index is 10.9. The fourth-order valence-corrected chi connectivity index (χ4v) is 1.03. The van der Waals surface area contributed by atoms with Crippen LogP contribution in [0.1, 0.15) is 6.92 Å². The van der Waals surface area contributed by atoms with Crippen molar-refractivity contribution in [1.82, 2.24) is 10.2 Å². The van der Waals surface area contributed by atoms with Gasteiger partial charge < -0.3 is 10.6 Å². The number of nitrogens with two attached hydrogens (primary N) is 1. The molecule has 0 aromatic heterocycles. The van der Waals surface area contributed by atoms with E-state index in [0.717, 1.165) is 0 Å². The van der Waals surface area contributed by atoms with Crippen LogP contribution in [0.4, 0.5) is 4.79 Å². The second kappa shape index (κ2) is 2.87. The van der Waals surface area contributed by atoms with Crippen LogP contribution >= 0.6 is 0 Å². The number of hydrogen-bond acceptors (Lipinski definition) is 3. The Morgan fingerprint density at radius 2 is 2.27 bits per heavy atom. The molecule has 1 aliphatic rings. The first-order chi connectivity index (χ1) is 5.16. The first-order valence-corrected chi connectivity index (χ1v) is 3.48. The SMILES string of the molecule is CC1C(=O)NC(=O)N1CCN. The quantitative estimate of drug-likeness (QED) is 0.499. The highest BCUT2D eigenvalue weighted by Crippen LogP contribution is 2.05. The molecule has 62 valence electrons. The van der Waals surface area contributed by atoms with Gasteiger partial charge in [0.05, 0.1) is 0 Å². The third-order valence-electron chi connectivity index (χ3n) is 1.71. The third kappa shape index (κ3) is 1.32. The van der Waals surface area contributed by atoms with Crippen LogP contribution in [0.5, 0.6) is 0 Å². The lowest BCUT2D eigenvalue weighted by atomic mass is 10.3. The summed E-state index contributed by atoms with van der Waals surface area (Å²) in [4.78, 5) is 23.2. The number of amides is 3. The number of rotatable bonds is 2. The Kier molecular flexibility index (Phi) is 2.09. The summed E-state index contributed by atoms with van der Waals surface area (Å²) in [6.07, 6.45) is 0. The smallest absolute Gasteiger partial charge is 0.324 e. The Bertz CT molecular complexity index is 192. The number of nitrogens with zero attached hydrogens (tertiary/aromatic N) is 1. The molecule has 0 aromatic rings. The standard InChI is InChI=1S/C6H11N3O2/c1-4-5(10)8-6(11)9(4)3-2-7/h4H,2-3,7H2,1H3,(H,8,10,11). The summed E-state index contributed by atoms with van der Waals surface area (Å²) in [5.74, 6) is -0.247. The van der Waals surface area contributed by atoms with E-state index >= 15 is 0 Å². The minimum atomic E-state index is -0.369. The van der Waals surface area contributed by atoms with Crippen molar-refractivity contribution in [2.45, 2.75) is 13.0 Å². The molecule has 1 aliphatic heterocycles. The summed E-state index contributed by atoms with van der Waals surface area (Å²) in [6.45, 7) is 2.49. The number of nitrogens with one attached hydrogen (secondary N) is 1. The predicted molar refractivity (Wildman–Crippen MR) is 38.8 cm³/mol. The number of carbonyl (C=O) groups is 2. The Morgan fingerprint density at radius 3 is 2.64 bits per heavy atom. The topological polar surface area (TPSA) is 75.4 Å². The summed E-state index contributed by atoms with van der Waals surface area (Å²) in [7, 11) is 0. The van der Waals surface area contributed by atoms with Gasteiger partial charge in [0.15, 0.2) is 0 Å². The molecule has 1 fully saturated rings. The molecule has 5 nitrogen and oxygen atoms in total. The summed E-state index contributed by atoms with van der Waals surface area (Å²) in [6, 6.07) is -0.709. The second-order valence-corrected chi connectivity index (χ2v) is 2.45. The van der Waals surface area contributed by atoms with Crippen LogP contribution in [0.2, 0.25) is 0 Å². The number of hydrogen-bond donors (Lipinski definition) is 2. The van der Waals surface area contributed by atoms with Crippen molar-refractivity contribution in [3.8, 4) is 0 Å². The van der Waals surface area contributed by atoms with E-state index in [9.17, 15) is 9.59 Å². The molecule has 3 amide bonds. The van der Waals surface area contributed by atoms with E-state index in [1.165, 1.54) is 4.90 Å². The highest BCUT2D eigenvalue weighted by Gasteiger charge is 2.33. The fourth-order valence-electron chi connectivity index (χ4n) is 1.03. The average molecular weight is 157 g/mol. The van der Waals surface area contributed by atoms with Crippen molar-refractivity contribution < 1.29 is 9.59 Å². The van der Waals surface area contributed by atoms with E-state index in [0.29, 0.717) is 13.1 Å². The summed E-state index contributed by atoms with van der Waals surface area (Å²) < 4.78 is 0. The molecule has 0 spiro atoms. The Balaban J connectivity index is 2.63. The maximum Gasteiger partial charge on any atom is 0.324 e. The molecule has 1 rings (SSSR count). The summed E-state index contributed by atoms with van der Waals surface area (Å²) in [5, 5.41) is 2.19. The molecular formula is C6H11N3O2. The number of imide groups is 1. The molecule has 5 heteroatoms. The normalized spacial score (nSPS) is 24.2. The zero-order chi connectivity index (χ0) is 8.43. The van der Waals surface area contributed by atoms with Crippen molar-refractivity contribution in [3.05, 3.63) is 0 Å². The molecule has 0 radical (unpaired) electrons. The predicted octanol–water partition coefficient (Wildman–Crippen LogP) is -1.11. The second-order valence-electron chi connectivity index (χ2n) is 2.45. The van der Waals surface area contributed by atoms with Gasteiger partial charge in [-0.3, -0.25) is 10.1 Å². The number of urea groups is 1. The molecule has 1 unspecified atom stereocenters. The van der Waals surface area contributed by atoms with Crippen molar-refractivity contribution in [1.29, 1.82) is 0 Å². The first-order valence-electron chi connectivity index (χ1n) is 3.48. The van der Waals surface area contributed by atoms with E-state index in [1.54, 1.807) is 6.92 Å². The van der Waals surface area contributed by atoms with Gasteiger partial charge in [0, 0.05) is 13.1 Å². The molecule has 1 saturated heterocycles. The van der Waals surface area contributed by atoms with Crippen LogP contribution in [0.3, 0.4) is 0 Å². The molecule has 0 saturated carbocycles. The zero-order valence-electron chi connectivity index (χ0n) is 6.33. The van der Waals surface area contributed by atoms with Gasteiger partial charge in [-0.25, -0.2) is 4.79 Å². The van der Waals surface area contributed by atoms with Crippen molar-refractivity contribution in [2.24, 2.45) is 5.73 Å². The van der Waals surface area contributed by atoms with Gasteiger partial charge in [-0.15, -0.1) is 0 Å². The van der Waals surface area contributed by atoms with Gasteiger partial charge in [-0.05, 0) is 6.92 Å². The lowest BCUT2D eigenvalue weighted by Gasteiger charge is -2.16. The van der Waals surface area contributed by atoms with Crippen LogP contribution in [-0.4, -0.2) is 36.0 Å². The van der Waals surface area contributed by atoms with Gasteiger partial charge in [0.2, 0.25) is 0 Å². The van der Waals surface area contributed by atoms with Crippen LogP contribution in [-0.2, 0) is 4.79 Å². The molecule has 1 atom stereocenters. The lowest BCUT2D eigenvalue weighted by molar-refractivity contribution is -0.121. The largest absolute Gasteiger partial charge is 0.329 e. The minimum absolute atomic E-state index is 0.247. The van der Waals surface area contributed by atoms with E-state index in [4.69, 9.17) is 5.73 Å². The van der Waals surface area contributed by atoms with Gasteiger partial charge in [0.25, 0.3) is 5.91 Å². The molecule has 0 bridgehead atoms. The summed E-state index contributed by atoms with van der Waals surface area (Å²) in [5.41, 5.74) is 5.25. The van der Waals surface area contributed by atoms with E-state index < -0.39 is 0 Å². The van der Waals surface area contributed by atoms with Crippen LogP contribution in [0, 0.1) is 0 Å². The Morgan fingerprint density at radius 1 is 1.64 bits per heavy atom. The molecule has 0 aliphatic carbocycles. The average Bonchev–Trinajstić information content (AvgIpc) is 2.17. The highest BCUT2D eigenvalue weighted by molar-refractivity contribution is 6.03. The van der Waals surface area contributed by atoms with Crippen molar-refractivity contribution in [2.75, 3.05) is 13.1 Å². The highest BCUT2D eigenvalue weighted by atomic mass is 16.2. The van der Waals surface area contributed by atoms with Gasteiger partial charge in [-0.2, -0.15) is 0 Å². The van der Waals surface area contributed by atoms with E-state index in [-0.39, 0.29) is 18.0 Å². The third-order valence-corrected chi connectivity index (χ3v) is 1.71. The Labute approximate surface area is 64.5 Å². The van der Waals surface area contributed by atoms with Gasteiger partial charge in [-0.1, -0.05) is 0 Å². The van der Waals surface area contributed by atoms with Crippen molar-refractivity contribution in [3.63, 3.8) is 0 Å². The molecule has 1 heterocycles. The molecule has 0 aromatic carbocycles. The zero-order valence-corrected chi connectivity index (χ0v) is 6.33. The van der Waals surface area contributed by atoms with Crippen molar-refractivity contribution >= 4 is 11.9 Å². The molecule has 11 heavy (non-hydrogen) atoms. The van der Waals surface area contributed by atoms with Gasteiger partial charge in [0.1, 0.15) is 6.04 Å². The molecular weight excluding hydrogens is 146 g/mol. The Hall–Kier alpha value is -1.10. The fraction of sp³-hybridized carbons (Fsp3) is 0.667. The van der Waals surface area contributed by atoms with E-state index in [1.807, 2.05) is 0 Å². The van der Waals surface area contributed by atoms with Gasteiger partial charge >= 0.3 is 6.03 Å². The van der Waals surface area contributed by atoms with E-state index in [2.05, 4.69) is 5.32 Å². The van der Waals surface area contributed by atoms with Crippen LogP contribution in [0.25, 0.3) is 0 Å². The van der Waals surface area contributed by atoms with Crippen LogP contribution in [0.15, 0.2) is 0 Å². The maximum absolute atomic E-state index is 10.9.